The molecule has 0 amide bonds. The van der Waals surface area contributed by atoms with E-state index in [2.05, 4.69) is 40.3 Å². The predicted molar refractivity (Wildman–Crippen MR) is 83.1 cm³/mol. The number of aryl methyl sites for hydroxylation is 2. The van der Waals surface area contributed by atoms with Crippen LogP contribution in [-0.2, 0) is 6.54 Å². The van der Waals surface area contributed by atoms with Gasteiger partial charge in [0.25, 0.3) is 0 Å². The summed E-state index contributed by atoms with van der Waals surface area (Å²) in [6, 6.07) is 8.29. The van der Waals surface area contributed by atoms with Crippen LogP contribution in [0.2, 0.25) is 0 Å². The van der Waals surface area contributed by atoms with Gasteiger partial charge in [-0.2, -0.15) is 0 Å². The minimum Gasteiger partial charge on any atom is -0.305 e. The van der Waals surface area contributed by atoms with Crippen LogP contribution in [0.4, 0.5) is 4.39 Å². The zero-order valence-electron chi connectivity index (χ0n) is 11.3. The van der Waals surface area contributed by atoms with Crippen LogP contribution < -0.4 is 5.32 Å². The van der Waals surface area contributed by atoms with Crippen molar-refractivity contribution in [1.29, 1.82) is 0 Å². The quantitative estimate of drug-likeness (QED) is 0.813. The summed E-state index contributed by atoms with van der Waals surface area (Å²) in [5.74, 6) is -0.0982. The summed E-state index contributed by atoms with van der Waals surface area (Å²) in [5, 5.41) is 3.47. The maximum Gasteiger partial charge on any atom is 0.129 e. The van der Waals surface area contributed by atoms with E-state index in [4.69, 9.17) is 0 Å². The normalized spacial score (nSPS) is 12.7. The van der Waals surface area contributed by atoms with Gasteiger partial charge in [-0.1, -0.05) is 12.1 Å². The standard InChI is InChI=1S/C15H17BrFNS/c1-9-6-12(7-10(2)15(9)17)8-18-11(3)13-4-5-14(16)19-13/h4-7,11,18H,8H2,1-3H3. The Morgan fingerprint density at radius 3 is 2.42 bits per heavy atom. The van der Waals surface area contributed by atoms with Crippen LogP contribution in [-0.4, -0.2) is 0 Å². The molecule has 4 heteroatoms. The smallest absolute Gasteiger partial charge is 0.129 e. The Kier molecular flexibility index (Phi) is 4.76. The van der Waals surface area contributed by atoms with E-state index in [1.807, 2.05) is 26.0 Å². The Labute approximate surface area is 126 Å². The van der Waals surface area contributed by atoms with Crippen LogP contribution in [0.25, 0.3) is 0 Å². The summed E-state index contributed by atoms with van der Waals surface area (Å²) in [6.07, 6.45) is 0. The highest BCUT2D eigenvalue weighted by Gasteiger charge is 2.09. The maximum absolute atomic E-state index is 13.6. The molecule has 2 aromatic rings. The first-order chi connectivity index (χ1) is 8.97. The van der Waals surface area contributed by atoms with E-state index in [1.54, 1.807) is 11.3 Å². The first-order valence-electron chi connectivity index (χ1n) is 6.21. The van der Waals surface area contributed by atoms with Gasteiger partial charge in [0.2, 0.25) is 0 Å². The minimum atomic E-state index is -0.0982. The van der Waals surface area contributed by atoms with Crippen molar-refractivity contribution in [3.63, 3.8) is 0 Å². The summed E-state index contributed by atoms with van der Waals surface area (Å²) < 4.78 is 14.7. The van der Waals surface area contributed by atoms with E-state index in [0.29, 0.717) is 17.2 Å². The molecule has 0 saturated carbocycles. The van der Waals surface area contributed by atoms with Gasteiger partial charge >= 0.3 is 0 Å². The molecule has 1 aromatic heterocycles. The largest absolute Gasteiger partial charge is 0.305 e. The molecule has 0 saturated heterocycles. The summed E-state index contributed by atoms with van der Waals surface area (Å²) in [5.41, 5.74) is 2.55. The van der Waals surface area contributed by atoms with Crippen molar-refractivity contribution in [3.8, 4) is 0 Å². The third-order valence-electron chi connectivity index (χ3n) is 3.13. The Hall–Kier alpha value is -0.710. The molecule has 102 valence electrons. The SMILES string of the molecule is Cc1cc(CNC(C)c2ccc(Br)s2)cc(C)c1F. The fourth-order valence-corrected chi connectivity index (χ4v) is 3.52. The van der Waals surface area contributed by atoms with Gasteiger partial charge in [-0.05, 0) is 65.5 Å². The van der Waals surface area contributed by atoms with Crippen LogP contribution in [0.1, 0.15) is 34.5 Å². The highest BCUT2D eigenvalue weighted by Crippen LogP contribution is 2.27. The summed E-state index contributed by atoms with van der Waals surface area (Å²) in [6.45, 7) is 6.51. The number of thiophene rings is 1. The molecule has 1 N–H and O–H groups in total. The second kappa shape index (κ2) is 6.16. The van der Waals surface area contributed by atoms with Crippen molar-refractivity contribution >= 4 is 27.3 Å². The van der Waals surface area contributed by atoms with Gasteiger partial charge in [-0.15, -0.1) is 11.3 Å². The average Bonchev–Trinajstić information content (AvgIpc) is 2.79. The summed E-state index contributed by atoms with van der Waals surface area (Å²) >= 11 is 5.21. The second-order valence-electron chi connectivity index (χ2n) is 4.79. The fraction of sp³-hybridized carbons (Fsp3) is 0.333. The van der Waals surface area contributed by atoms with Gasteiger partial charge in [-0.25, -0.2) is 4.39 Å². The van der Waals surface area contributed by atoms with Gasteiger partial charge in [0.05, 0.1) is 3.79 Å². The van der Waals surface area contributed by atoms with Gasteiger partial charge in [0, 0.05) is 17.5 Å². The molecule has 1 heterocycles. The lowest BCUT2D eigenvalue weighted by Crippen LogP contribution is -2.17. The third-order valence-corrected chi connectivity index (χ3v) is 4.94. The molecular formula is C15H17BrFNS. The molecule has 0 aliphatic carbocycles. The van der Waals surface area contributed by atoms with Crippen LogP contribution in [0, 0.1) is 19.7 Å². The topological polar surface area (TPSA) is 12.0 Å². The zero-order valence-corrected chi connectivity index (χ0v) is 13.7. The number of nitrogens with one attached hydrogen (secondary N) is 1. The monoisotopic (exact) mass is 341 g/mol. The van der Waals surface area contributed by atoms with E-state index in [9.17, 15) is 4.39 Å². The van der Waals surface area contributed by atoms with Crippen molar-refractivity contribution in [3.05, 3.63) is 55.4 Å². The maximum atomic E-state index is 13.6. The molecule has 0 aliphatic heterocycles. The lowest BCUT2D eigenvalue weighted by Gasteiger charge is -2.13. The first kappa shape index (κ1) is 14.7. The molecule has 0 aliphatic rings. The van der Waals surface area contributed by atoms with E-state index < -0.39 is 0 Å². The van der Waals surface area contributed by atoms with Crippen molar-refractivity contribution in [1.82, 2.24) is 5.32 Å². The highest BCUT2D eigenvalue weighted by atomic mass is 79.9. The molecule has 1 atom stereocenters. The van der Waals surface area contributed by atoms with Crippen LogP contribution >= 0.6 is 27.3 Å². The molecular weight excluding hydrogens is 325 g/mol. The first-order valence-corrected chi connectivity index (χ1v) is 7.82. The molecule has 1 nitrogen and oxygen atoms in total. The zero-order chi connectivity index (χ0) is 14.0. The van der Waals surface area contributed by atoms with Gasteiger partial charge in [-0.3, -0.25) is 0 Å². The van der Waals surface area contributed by atoms with Gasteiger partial charge in [0.15, 0.2) is 0 Å². The van der Waals surface area contributed by atoms with E-state index in [1.165, 1.54) is 4.88 Å². The van der Waals surface area contributed by atoms with Crippen molar-refractivity contribution in [2.45, 2.75) is 33.4 Å². The molecule has 1 aromatic carbocycles. The van der Waals surface area contributed by atoms with E-state index >= 15 is 0 Å². The summed E-state index contributed by atoms with van der Waals surface area (Å²) in [7, 11) is 0. The lowest BCUT2D eigenvalue weighted by atomic mass is 10.1. The molecule has 0 spiro atoms. The van der Waals surface area contributed by atoms with E-state index in [-0.39, 0.29) is 5.82 Å². The van der Waals surface area contributed by atoms with Crippen LogP contribution in [0.3, 0.4) is 0 Å². The molecule has 0 radical (unpaired) electrons. The fourth-order valence-electron chi connectivity index (χ4n) is 2.07. The Bertz CT molecular complexity index is 556. The van der Waals surface area contributed by atoms with Crippen molar-refractivity contribution in [2.75, 3.05) is 0 Å². The Morgan fingerprint density at radius 1 is 1.26 bits per heavy atom. The number of halogens is 2. The molecule has 1 unspecified atom stereocenters. The number of hydrogen-bond donors (Lipinski definition) is 1. The van der Waals surface area contributed by atoms with E-state index in [0.717, 1.165) is 15.9 Å². The van der Waals surface area contributed by atoms with Gasteiger partial charge < -0.3 is 5.32 Å². The number of benzene rings is 1. The Balaban J connectivity index is 2.03. The number of rotatable bonds is 4. The molecule has 19 heavy (non-hydrogen) atoms. The third kappa shape index (κ3) is 3.65. The molecule has 0 fully saturated rings. The van der Waals surface area contributed by atoms with Crippen molar-refractivity contribution in [2.24, 2.45) is 0 Å². The predicted octanol–water partition coefficient (Wildman–Crippen LogP) is 5.12. The lowest BCUT2D eigenvalue weighted by molar-refractivity contribution is 0.577. The molecule has 2 rings (SSSR count). The number of hydrogen-bond acceptors (Lipinski definition) is 2. The minimum absolute atomic E-state index is 0.0982. The highest BCUT2D eigenvalue weighted by molar-refractivity contribution is 9.11. The average molecular weight is 342 g/mol. The Morgan fingerprint density at radius 2 is 1.89 bits per heavy atom. The summed E-state index contributed by atoms with van der Waals surface area (Å²) in [4.78, 5) is 1.29. The molecule has 0 bridgehead atoms. The van der Waals surface area contributed by atoms with Gasteiger partial charge in [0.1, 0.15) is 5.82 Å². The van der Waals surface area contributed by atoms with Crippen LogP contribution in [0.5, 0.6) is 0 Å². The van der Waals surface area contributed by atoms with Crippen molar-refractivity contribution < 1.29 is 4.39 Å². The second-order valence-corrected chi connectivity index (χ2v) is 7.28. The van der Waals surface area contributed by atoms with Crippen LogP contribution in [0.15, 0.2) is 28.1 Å².